The number of nitrogens with one attached hydrogen (secondary N) is 1. The van der Waals surface area contributed by atoms with Gasteiger partial charge < -0.3 is 19.5 Å². The first kappa shape index (κ1) is 14.9. The zero-order valence-electron chi connectivity index (χ0n) is 12.4. The van der Waals surface area contributed by atoms with Crippen molar-refractivity contribution in [2.24, 2.45) is 0 Å². The predicted octanol–water partition coefficient (Wildman–Crippen LogP) is 4.12. The topological polar surface area (TPSA) is 39.7 Å². The molecule has 1 aliphatic rings. The lowest BCUT2D eigenvalue weighted by atomic mass is 10.2. The molecule has 1 heterocycles. The zero-order chi connectivity index (χ0) is 15.4. The van der Waals surface area contributed by atoms with Gasteiger partial charge in [-0.15, -0.1) is 0 Å². The van der Waals surface area contributed by atoms with E-state index >= 15 is 0 Å². The minimum atomic E-state index is 0.588. The molecule has 22 heavy (non-hydrogen) atoms. The van der Waals surface area contributed by atoms with Crippen LogP contribution in [0, 0.1) is 0 Å². The van der Waals surface area contributed by atoms with Crippen LogP contribution >= 0.6 is 11.6 Å². The highest BCUT2D eigenvalue weighted by molar-refractivity contribution is 6.32. The summed E-state index contributed by atoms with van der Waals surface area (Å²) in [6.07, 6.45) is 0. The van der Waals surface area contributed by atoms with Crippen molar-refractivity contribution in [2.45, 2.75) is 13.5 Å². The van der Waals surface area contributed by atoms with Crippen LogP contribution in [0.5, 0.6) is 17.2 Å². The summed E-state index contributed by atoms with van der Waals surface area (Å²) >= 11 is 6.20. The second-order valence-corrected chi connectivity index (χ2v) is 5.32. The third-order valence-electron chi connectivity index (χ3n) is 3.33. The first-order chi connectivity index (χ1) is 10.8. The number of rotatable bonds is 5. The van der Waals surface area contributed by atoms with E-state index in [1.165, 1.54) is 0 Å². The van der Waals surface area contributed by atoms with E-state index < -0.39 is 0 Å². The maximum absolute atomic E-state index is 6.20. The summed E-state index contributed by atoms with van der Waals surface area (Å²) in [7, 11) is 0. The monoisotopic (exact) mass is 319 g/mol. The summed E-state index contributed by atoms with van der Waals surface area (Å²) in [5, 5.41) is 3.98. The second kappa shape index (κ2) is 6.79. The highest BCUT2D eigenvalue weighted by Gasteiger charge is 2.11. The van der Waals surface area contributed by atoms with Gasteiger partial charge in [0.15, 0.2) is 11.5 Å². The van der Waals surface area contributed by atoms with Crippen LogP contribution in [0.2, 0.25) is 5.02 Å². The molecule has 2 aromatic carbocycles. The summed E-state index contributed by atoms with van der Waals surface area (Å²) in [6.45, 7) is 4.41. The molecule has 0 fully saturated rings. The van der Waals surface area contributed by atoms with E-state index in [4.69, 9.17) is 25.8 Å². The summed E-state index contributed by atoms with van der Waals surface area (Å²) < 4.78 is 16.5. The Labute approximate surface area is 135 Å². The van der Waals surface area contributed by atoms with Crippen LogP contribution in [-0.4, -0.2) is 19.8 Å². The molecular formula is C17H18ClNO3. The lowest BCUT2D eigenvalue weighted by molar-refractivity contribution is 0.171. The van der Waals surface area contributed by atoms with Crippen LogP contribution in [0.4, 0.5) is 5.69 Å². The normalized spacial score (nSPS) is 12.8. The Hall–Kier alpha value is -2.07. The van der Waals surface area contributed by atoms with E-state index in [1.807, 2.05) is 43.3 Å². The van der Waals surface area contributed by atoms with Crippen molar-refractivity contribution in [3.63, 3.8) is 0 Å². The summed E-state index contributed by atoms with van der Waals surface area (Å²) in [5.74, 6) is 2.29. The predicted molar refractivity (Wildman–Crippen MR) is 87.4 cm³/mol. The average Bonchev–Trinajstić information content (AvgIpc) is 2.55. The molecule has 1 N–H and O–H groups in total. The number of ether oxygens (including phenoxy) is 3. The highest BCUT2D eigenvalue weighted by atomic mass is 35.5. The Morgan fingerprint density at radius 1 is 1.09 bits per heavy atom. The molecule has 0 aromatic heterocycles. The second-order valence-electron chi connectivity index (χ2n) is 4.91. The van der Waals surface area contributed by atoms with E-state index in [0.29, 0.717) is 37.1 Å². The Morgan fingerprint density at radius 3 is 2.68 bits per heavy atom. The van der Waals surface area contributed by atoms with Gasteiger partial charge in [0.05, 0.1) is 11.6 Å². The molecule has 0 aliphatic carbocycles. The van der Waals surface area contributed by atoms with E-state index in [9.17, 15) is 0 Å². The van der Waals surface area contributed by atoms with Gasteiger partial charge in [0.25, 0.3) is 0 Å². The Bertz CT molecular complexity index is 660. The third-order valence-corrected chi connectivity index (χ3v) is 3.63. The van der Waals surface area contributed by atoms with Gasteiger partial charge >= 0.3 is 0 Å². The third kappa shape index (κ3) is 3.39. The molecule has 0 saturated heterocycles. The molecule has 0 saturated carbocycles. The standard InChI is InChI=1S/C17H18ClNO3/c1-2-20-15-5-3-12(9-14(15)18)11-19-13-4-6-16-17(10-13)22-8-7-21-16/h3-6,9-10,19H,2,7-8,11H2,1H3. The van der Waals surface area contributed by atoms with Crippen molar-refractivity contribution in [3.8, 4) is 17.2 Å². The Morgan fingerprint density at radius 2 is 1.91 bits per heavy atom. The lowest BCUT2D eigenvalue weighted by Gasteiger charge is -2.19. The molecule has 4 nitrogen and oxygen atoms in total. The van der Waals surface area contributed by atoms with Crippen LogP contribution in [0.15, 0.2) is 36.4 Å². The Balaban J connectivity index is 1.66. The molecule has 0 atom stereocenters. The zero-order valence-corrected chi connectivity index (χ0v) is 13.2. The first-order valence-electron chi connectivity index (χ1n) is 7.31. The number of benzene rings is 2. The molecule has 0 spiro atoms. The van der Waals surface area contributed by atoms with Crippen molar-refractivity contribution in [3.05, 3.63) is 47.0 Å². The molecule has 0 bridgehead atoms. The fourth-order valence-electron chi connectivity index (χ4n) is 2.28. The van der Waals surface area contributed by atoms with E-state index in [1.54, 1.807) is 0 Å². The highest BCUT2D eigenvalue weighted by Crippen LogP contribution is 2.33. The molecule has 0 amide bonds. The lowest BCUT2D eigenvalue weighted by Crippen LogP contribution is -2.15. The van der Waals surface area contributed by atoms with E-state index in [-0.39, 0.29) is 0 Å². The molecule has 0 radical (unpaired) electrons. The maximum Gasteiger partial charge on any atom is 0.163 e. The van der Waals surface area contributed by atoms with E-state index in [0.717, 1.165) is 22.7 Å². The number of halogens is 1. The molecule has 5 heteroatoms. The number of hydrogen-bond acceptors (Lipinski definition) is 4. The van der Waals surface area contributed by atoms with Crippen molar-refractivity contribution in [2.75, 3.05) is 25.1 Å². The van der Waals surface area contributed by atoms with Gasteiger partial charge in [0, 0.05) is 18.3 Å². The summed E-state index contributed by atoms with van der Waals surface area (Å²) in [5.41, 5.74) is 2.07. The molecule has 3 rings (SSSR count). The van der Waals surface area contributed by atoms with Gasteiger partial charge in [-0.1, -0.05) is 17.7 Å². The van der Waals surface area contributed by atoms with Crippen LogP contribution in [0.1, 0.15) is 12.5 Å². The van der Waals surface area contributed by atoms with Crippen molar-refractivity contribution < 1.29 is 14.2 Å². The van der Waals surface area contributed by atoms with Crippen molar-refractivity contribution in [1.29, 1.82) is 0 Å². The molecular weight excluding hydrogens is 302 g/mol. The van der Waals surface area contributed by atoms with Crippen LogP contribution in [-0.2, 0) is 6.54 Å². The van der Waals surface area contributed by atoms with Crippen molar-refractivity contribution >= 4 is 17.3 Å². The first-order valence-corrected chi connectivity index (χ1v) is 7.69. The smallest absolute Gasteiger partial charge is 0.163 e. The van der Waals surface area contributed by atoms with Crippen LogP contribution in [0.25, 0.3) is 0 Å². The maximum atomic E-state index is 6.20. The molecule has 0 unspecified atom stereocenters. The number of anilines is 1. The Kier molecular flexibility index (Phi) is 4.59. The summed E-state index contributed by atoms with van der Waals surface area (Å²) in [6, 6.07) is 11.7. The number of fused-ring (bicyclic) bond motifs is 1. The van der Waals surface area contributed by atoms with Gasteiger partial charge in [-0.05, 0) is 36.8 Å². The van der Waals surface area contributed by atoms with Crippen LogP contribution in [0.3, 0.4) is 0 Å². The van der Waals surface area contributed by atoms with Gasteiger partial charge in [-0.3, -0.25) is 0 Å². The SMILES string of the molecule is CCOc1ccc(CNc2ccc3c(c2)OCCO3)cc1Cl. The minimum Gasteiger partial charge on any atom is -0.492 e. The fraction of sp³-hybridized carbons (Fsp3) is 0.294. The number of hydrogen-bond donors (Lipinski definition) is 1. The van der Waals surface area contributed by atoms with Crippen LogP contribution < -0.4 is 19.5 Å². The largest absolute Gasteiger partial charge is 0.492 e. The van der Waals surface area contributed by atoms with Gasteiger partial charge in [0.1, 0.15) is 19.0 Å². The van der Waals surface area contributed by atoms with E-state index in [2.05, 4.69) is 5.32 Å². The molecule has 116 valence electrons. The minimum absolute atomic E-state index is 0.588. The fourth-order valence-corrected chi connectivity index (χ4v) is 2.54. The van der Waals surface area contributed by atoms with Gasteiger partial charge in [0.2, 0.25) is 0 Å². The average molecular weight is 320 g/mol. The summed E-state index contributed by atoms with van der Waals surface area (Å²) in [4.78, 5) is 0. The quantitative estimate of drug-likeness (QED) is 0.899. The van der Waals surface area contributed by atoms with Gasteiger partial charge in [-0.25, -0.2) is 0 Å². The molecule has 1 aliphatic heterocycles. The van der Waals surface area contributed by atoms with Gasteiger partial charge in [-0.2, -0.15) is 0 Å². The molecule has 2 aromatic rings. The van der Waals surface area contributed by atoms with Crippen molar-refractivity contribution in [1.82, 2.24) is 0 Å².